The Bertz CT molecular complexity index is 1620. The Balaban J connectivity index is 1.23. The van der Waals surface area contributed by atoms with Gasteiger partial charge in [0.15, 0.2) is 11.0 Å². The van der Waals surface area contributed by atoms with Gasteiger partial charge >= 0.3 is 6.36 Å². The van der Waals surface area contributed by atoms with E-state index in [2.05, 4.69) is 19.8 Å². The first kappa shape index (κ1) is 30.3. The Hall–Kier alpha value is -4.19. The number of nitrogens with zero attached hydrogens (tertiary/aromatic N) is 5. The molecule has 224 valence electrons. The van der Waals surface area contributed by atoms with Crippen LogP contribution in [-0.4, -0.2) is 44.5 Å². The zero-order chi connectivity index (χ0) is 30.7. The van der Waals surface area contributed by atoms with Gasteiger partial charge in [0, 0.05) is 30.0 Å². The number of amides is 1. The number of carbonyl (C=O) groups is 1. The number of hydrogen-bond acceptors (Lipinski definition) is 5. The Labute approximate surface area is 250 Å². The Morgan fingerprint density at radius 3 is 2.44 bits per heavy atom. The molecule has 1 fully saturated rings. The highest BCUT2D eigenvalue weighted by molar-refractivity contribution is 8.14. The number of alkyl halides is 3. The number of thioether (sulfide) groups is 1. The molecule has 12 heteroatoms. The van der Waals surface area contributed by atoms with Crippen LogP contribution in [0.15, 0.2) is 78.0 Å². The summed E-state index contributed by atoms with van der Waals surface area (Å²) in [5.74, 6) is 0.423. The number of halogens is 4. The van der Waals surface area contributed by atoms with Crippen LogP contribution < -0.4 is 9.64 Å². The second-order valence-corrected chi connectivity index (χ2v) is 11.5. The van der Waals surface area contributed by atoms with Crippen molar-refractivity contribution in [1.82, 2.24) is 14.8 Å². The van der Waals surface area contributed by atoms with Crippen molar-refractivity contribution in [3.05, 3.63) is 90.0 Å². The minimum Gasteiger partial charge on any atom is -0.406 e. The molecule has 1 saturated heterocycles. The lowest BCUT2D eigenvalue weighted by Gasteiger charge is -2.23. The molecule has 0 radical (unpaired) electrons. The van der Waals surface area contributed by atoms with Crippen molar-refractivity contribution in [2.45, 2.75) is 45.4 Å². The number of anilines is 1. The molecule has 1 aliphatic rings. The minimum absolute atomic E-state index is 0.0919. The van der Waals surface area contributed by atoms with Gasteiger partial charge in [-0.15, -0.1) is 18.3 Å². The van der Waals surface area contributed by atoms with Gasteiger partial charge < -0.3 is 9.64 Å². The quantitative estimate of drug-likeness (QED) is 0.190. The van der Waals surface area contributed by atoms with Crippen LogP contribution >= 0.6 is 11.8 Å². The average Bonchev–Trinajstić information content (AvgIpc) is 3.63. The fourth-order valence-electron chi connectivity index (χ4n) is 4.76. The summed E-state index contributed by atoms with van der Waals surface area (Å²) >= 11 is 1.52. The van der Waals surface area contributed by atoms with Crippen LogP contribution in [0.3, 0.4) is 0 Å². The molecule has 43 heavy (non-hydrogen) atoms. The SMILES string of the molecule is CC(C)c1cc(F)ccc1N1CCSC1=NC(=O)CC(C)c1ccc(-c2ncn(-c3ccc(OC(F)(F)F)cc3)n2)cc1. The van der Waals surface area contributed by atoms with E-state index in [-0.39, 0.29) is 35.7 Å². The first-order chi connectivity index (χ1) is 20.5. The molecular weight excluding hydrogens is 582 g/mol. The molecule has 1 unspecified atom stereocenters. The van der Waals surface area contributed by atoms with E-state index in [1.54, 1.807) is 12.1 Å². The van der Waals surface area contributed by atoms with E-state index in [1.807, 2.05) is 49.9 Å². The number of hydrogen-bond donors (Lipinski definition) is 0. The van der Waals surface area contributed by atoms with Crippen LogP contribution in [0.4, 0.5) is 23.2 Å². The van der Waals surface area contributed by atoms with E-state index in [9.17, 15) is 22.4 Å². The molecule has 0 aliphatic carbocycles. The van der Waals surface area contributed by atoms with Crippen molar-refractivity contribution in [3.63, 3.8) is 0 Å². The second-order valence-electron chi connectivity index (χ2n) is 10.4. The maximum atomic E-state index is 13.9. The van der Waals surface area contributed by atoms with Crippen molar-refractivity contribution in [2.24, 2.45) is 4.99 Å². The Morgan fingerprint density at radius 2 is 1.77 bits per heavy atom. The first-order valence-corrected chi connectivity index (χ1v) is 14.6. The molecule has 1 aliphatic heterocycles. The maximum Gasteiger partial charge on any atom is 0.573 e. The standard InChI is InChI=1S/C31H29F4N5O2S/c1-19(2)26-17-23(32)8-13-27(26)39-14-15-43-30(39)37-28(41)16-20(3)21-4-6-22(7-5-21)29-36-18-40(38-29)24-9-11-25(12-10-24)42-31(33,34)35/h4-13,17-20H,14-16H2,1-3H3. The van der Waals surface area contributed by atoms with Gasteiger partial charge in [-0.1, -0.05) is 56.8 Å². The molecular formula is C31H29F4N5O2S. The van der Waals surface area contributed by atoms with Crippen LogP contribution in [0.5, 0.6) is 5.75 Å². The summed E-state index contributed by atoms with van der Waals surface area (Å²) in [6, 6.07) is 17.6. The molecule has 7 nitrogen and oxygen atoms in total. The normalized spacial score (nSPS) is 15.3. The summed E-state index contributed by atoms with van der Waals surface area (Å²) < 4.78 is 56.5. The fourth-order valence-corrected chi connectivity index (χ4v) is 5.73. The number of aromatic nitrogens is 3. The predicted molar refractivity (Wildman–Crippen MR) is 159 cm³/mol. The molecule has 0 N–H and O–H groups in total. The highest BCUT2D eigenvalue weighted by Crippen LogP contribution is 2.34. The third kappa shape index (κ3) is 7.42. The summed E-state index contributed by atoms with van der Waals surface area (Å²) in [6.45, 7) is 6.68. The van der Waals surface area contributed by atoms with Gasteiger partial charge in [-0.05, 0) is 65.4 Å². The fraction of sp³-hybridized carbons (Fsp3) is 0.290. The highest BCUT2D eigenvalue weighted by atomic mass is 32.2. The lowest BCUT2D eigenvalue weighted by Crippen LogP contribution is -2.26. The summed E-state index contributed by atoms with van der Waals surface area (Å²) in [5.41, 5.74) is 3.98. The van der Waals surface area contributed by atoms with Crippen LogP contribution in [-0.2, 0) is 4.79 Å². The lowest BCUT2D eigenvalue weighted by atomic mass is 9.96. The predicted octanol–water partition coefficient (Wildman–Crippen LogP) is 7.73. The zero-order valence-electron chi connectivity index (χ0n) is 23.7. The first-order valence-electron chi connectivity index (χ1n) is 13.7. The van der Waals surface area contributed by atoms with E-state index in [1.165, 1.54) is 53.1 Å². The van der Waals surface area contributed by atoms with Crippen molar-refractivity contribution in [1.29, 1.82) is 0 Å². The monoisotopic (exact) mass is 611 g/mol. The van der Waals surface area contributed by atoms with E-state index in [0.29, 0.717) is 23.2 Å². The molecule has 0 bridgehead atoms. The molecule has 3 aromatic carbocycles. The average molecular weight is 612 g/mol. The Kier molecular flexibility index (Phi) is 8.86. The number of rotatable bonds is 8. The van der Waals surface area contributed by atoms with E-state index in [4.69, 9.17) is 0 Å². The van der Waals surface area contributed by atoms with Gasteiger partial charge in [0.2, 0.25) is 5.91 Å². The number of benzene rings is 3. The van der Waals surface area contributed by atoms with Gasteiger partial charge in [0.25, 0.3) is 0 Å². The smallest absolute Gasteiger partial charge is 0.406 e. The van der Waals surface area contributed by atoms with E-state index in [0.717, 1.165) is 28.1 Å². The number of ether oxygens (including phenoxy) is 1. The highest BCUT2D eigenvalue weighted by Gasteiger charge is 2.31. The van der Waals surface area contributed by atoms with Crippen molar-refractivity contribution < 1.29 is 27.1 Å². The number of aliphatic imine (C=N–C) groups is 1. The molecule has 1 atom stereocenters. The van der Waals surface area contributed by atoms with Gasteiger partial charge in [-0.2, -0.15) is 4.99 Å². The van der Waals surface area contributed by atoms with Crippen molar-refractivity contribution in [2.75, 3.05) is 17.2 Å². The summed E-state index contributed by atoms with van der Waals surface area (Å²) in [7, 11) is 0. The number of carbonyl (C=O) groups excluding carboxylic acids is 1. The number of amidine groups is 1. The minimum atomic E-state index is -4.76. The van der Waals surface area contributed by atoms with E-state index >= 15 is 0 Å². The lowest BCUT2D eigenvalue weighted by molar-refractivity contribution is -0.274. The van der Waals surface area contributed by atoms with Crippen LogP contribution in [0.25, 0.3) is 17.1 Å². The van der Waals surface area contributed by atoms with Gasteiger partial charge in [-0.25, -0.2) is 14.1 Å². The molecule has 2 heterocycles. The van der Waals surface area contributed by atoms with Gasteiger partial charge in [0.1, 0.15) is 17.9 Å². The van der Waals surface area contributed by atoms with Gasteiger partial charge in [0.05, 0.1) is 5.69 Å². The largest absolute Gasteiger partial charge is 0.573 e. The third-order valence-electron chi connectivity index (χ3n) is 6.95. The maximum absolute atomic E-state index is 13.9. The van der Waals surface area contributed by atoms with Crippen molar-refractivity contribution in [3.8, 4) is 22.8 Å². The molecule has 5 rings (SSSR count). The Morgan fingerprint density at radius 1 is 1.05 bits per heavy atom. The molecule has 4 aromatic rings. The second kappa shape index (κ2) is 12.6. The molecule has 1 amide bonds. The molecule has 0 spiro atoms. The topological polar surface area (TPSA) is 72.6 Å². The van der Waals surface area contributed by atoms with E-state index < -0.39 is 6.36 Å². The van der Waals surface area contributed by atoms with Crippen LogP contribution in [0.2, 0.25) is 0 Å². The molecule has 1 aromatic heterocycles. The summed E-state index contributed by atoms with van der Waals surface area (Å²) in [6.07, 6.45) is -3.06. The van der Waals surface area contributed by atoms with Crippen molar-refractivity contribution >= 4 is 28.5 Å². The van der Waals surface area contributed by atoms with Gasteiger partial charge in [-0.3, -0.25) is 4.79 Å². The van der Waals surface area contributed by atoms with Crippen LogP contribution in [0, 0.1) is 5.82 Å². The summed E-state index contributed by atoms with van der Waals surface area (Å²) in [4.78, 5) is 23.7. The summed E-state index contributed by atoms with van der Waals surface area (Å²) in [5, 5.41) is 5.06. The molecule has 0 saturated carbocycles. The third-order valence-corrected chi connectivity index (χ3v) is 7.90. The van der Waals surface area contributed by atoms with Crippen LogP contribution in [0.1, 0.15) is 50.2 Å². The zero-order valence-corrected chi connectivity index (χ0v) is 24.5.